The van der Waals surface area contributed by atoms with E-state index in [9.17, 15) is 0 Å². The van der Waals surface area contributed by atoms with Crippen LogP contribution < -0.4 is 10.6 Å². The quantitative estimate of drug-likeness (QED) is 0.636. The summed E-state index contributed by atoms with van der Waals surface area (Å²) in [7, 11) is 0. The molecule has 1 aromatic rings. The maximum absolute atomic E-state index is 6.11. The highest BCUT2D eigenvalue weighted by molar-refractivity contribution is 6.31. The molecule has 0 heterocycles. The van der Waals surface area contributed by atoms with Crippen molar-refractivity contribution >= 4 is 17.6 Å². The summed E-state index contributed by atoms with van der Waals surface area (Å²) in [5.41, 5.74) is 1.14. The first-order valence-corrected chi connectivity index (χ1v) is 6.79. The molecule has 0 aliphatic heterocycles. The zero-order valence-corrected chi connectivity index (χ0v) is 12.1. The fourth-order valence-corrected chi connectivity index (χ4v) is 1.81. The number of nitrogens with one attached hydrogen (secondary N) is 2. The summed E-state index contributed by atoms with van der Waals surface area (Å²) in [5, 5.41) is 7.32. The average Bonchev–Trinajstić information content (AvgIpc) is 2.31. The summed E-state index contributed by atoms with van der Waals surface area (Å²) in [6.07, 6.45) is 0.855. The van der Waals surface area contributed by atoms with Gasteiger partial charge in [-0.15, -0.1) is 0 Å². The van der Waals surface area contributed by atoms with E-state index in [1.54, 1.807) is 0 Å². The predicted molar refractivity (Wildman–Crippen MR) is 79.4 cm³/mol. The van der Waals surface area contributed by atoms with Crippen molar-refractivity contribution in [3.63, 3.8) is 0 Å². The fourth-order valence-electron chi connectivity index (χ4n) is 1.58. The summed E-state index contributed by atoms with van der Waals surface area (Å²) in [6.45, 7) is 7.85. The first-order valence-electron chi connectivity index (χ1n) is 6.41. The lowest BCUT2D eigenvalue weighted by molar-refractivity contribution is 0.700. The Bertz CT molecular complexity index is 388. The molecule has 0 radical (unpaired) electrons. The number of halogens is 1. The van der Waals surface area contributed by atoms with E-state index in [1.807, 2.05) is 24.3 Å². The van der Waals surface area contributed by atoms with Crippen LogP contribution in [0, 0.1) is 0 Å². The van der Waals surface area contributed by atoms with Crippen molar-refractivity contribution in [2.24, 2.45) is 4.99 Å². The first kappa shape index (κ1) is 14.8. The van der Waals surface area contributed by atoms with E-state index in [-0.39, 0.29) is 0 Å². The molecule has 1 aromatic carbocycles. The van der Waals surface area contributed by atoms with Gasteiger partial charge in [-0.2, -0.15) is 0 Å². The molecule has 18 heavy (non-hydrogen) atoms. The molecule has 0 aliphatic rings. The zero-order chi connectivity index (χ0) is 13.4. The molecule has 0 bridgehead atoms. The summed E-state index contributed by atoms with van der Waals surface area (Å²) in [4.78, 5) is 4.53. The summed E-state index contributed by atoms with van der Waals surface area (Å²) in [6, 6.07) is 8.28. The van der Waals surface area contributed by atoms with Crippen molar-refractivity contribution < 1.29 is 0 Å². The molecule has 0 spiro atoms. The minimum Gasteiger partial charge on any atom is -0.357 e. The second-order valence-corrected chi connectivity index (χ2v) is 4.81. The van der Waals surface area contributed by atoms with Crippen LogP contribution in [0.25, 0.3) is 0 Å². The van der Waals surface area contributed by atoms with E-state index in [2.05, 4.69) is 36.4 Å². The van der Waals surface area contributed by atoms with E-state index in [4.69, 9.17) is 11.6 Å². The van der Waals surface area contributed by atoms with Crippen LogP contribution in [0.5, 0.6) is 0 Å². The maximum atomic E-state index is 6.11. The molecule has 0 aromatic heterocycles. The van der Waals surface area contributed by atoms with Crippen molar-refractivity contribution in [3.05, 3.63) is 34.9 Å². The van der Waals surface area contributed by atoms with Crippen LogP contribution in [-0.4, -0.2) is 25.1 Å². The molecule has 0 aliphatic carbocycles. The van der Waals surface area contributed by atoms with Gasteiger partial charge in [0.1, 0.15) is 0 Å². The van der Waals surface area contributed by atoms with Gasteiger partial charge in [-0.05, 0) is 38.8 Å². The topological polar surface area (TPSA) is 36.4 Å². The van der Waals surface area contributed by atoms with Gasteiger partial charge in [0.2, 0.25) is 0 Å². The number of rotatable bonds is 5. The van der Waals surface area contributed by atoms with Crippen molar-refractivity contribution in [2.45, 2.75) is 33.2 Å². The third-order valence-electron chi connectivity index (χ3n) is 2.38. The third kappa shape index (κ3) is 5.41. The van der Waals surface area contributed by atoms with Crippen LogP contribution in [0.1, 0.15) is 26.3 Å². The highest BCUT2D eigenvalue weighted by Gasteiger charge is 2.01. The van der Waals surface area contributed by atoms with Crippen LogP contribution >= 0.6 is 11.6 Å². The summed E-state index contributed by atoms with van der Waals surface area (Å²) in [5.74, 6) is 0.861. The first-order chi connectivity index (χ1) is 8.63. The lowest BCUT2D eigenvalue weighted by atomic mass is 10.1. The number of aliphatic imine (C=N–C) groups is 1. The van der Waals surface area contributed by atoms with Gasteiger partial charge in [0.25, 0.3) is 0 Å². The minimum atomic E-state index is 0.378. The smallest absolute Gasteiger partial charge is 0.191 e. The Kier molecular flexibility index (Phi) is 6.58. The molecule has 4 heteroatoms. The Hall–Kier alpha value is -1.22. The van der Waals surface area contributed by atoms with Crippen LogP contribution in [0.2, 0.25) is 5.02 Å². The normalized spacial score (nSPS) is 11.7. The number of hydrogen-bond donors (Lipinski definition) is 2. The Balaban J connectivity index is 2.53. The van der Waals surface area contributed by atoms with Gasteiger partial charge >= 0.3 is 0 Å². The molecule has 3 nitrogen and oxygen atoms in total. The van der Waals surface area contributed by atoms with Crippen molar-refractivity contribution in [1.82, 2.24) is 10.6 Å². The largest absolute Gasteiger partial charge is 0.357 e. The molecule has 0 saturated heterocycles. The number of guanidine groups is 1. The third-order valence-corrected chi connectivity index (χ3v) is 2.75. The highest BCUT2D eigenvalue weighted by atomic mass is 35.5. The molecule has 1 rings (SSSR count). The standard InChI is InChI=1S/C14H22ClN3/c1-4-16-14(18-11(2)3)17-10-9-12-7-5-6-8-13(12)15/h5-8,11H,4,9-10H2,1-3H3,(H2,16,17,18). The van der Waals surface area contributed by atoms with E-state index in [0.29, 0.717) is 6.04 Å². The second-order valence-electron chi connectivity index (χ2n) is 4.40. The predicted octanol–water partition coefficient (Wildman–Crippen LogP) is 2.85. The van der Waals surface area contributed by atoms with Crippen LogP contribution in [-0.2, 0) is 6.42 Å². The SMILES string of the molecule is CCNC(=NCCc1ccccc1Cl)NC(C)C. The molecule has 0 atom stereocenters. The number of nitrogens with zero attached hydrogens (tertiary/aromatic N) is 1. The van der Waals surface area contributed by atoms with E-state index >= 15 is 0 Å². The van der Waals surface area contributed by atoms with Crippen molar-refractivity contribution in [2.75, 3.05) is 13.1 Å². The van der Waals surface area contributed by atoms with Gasteiger partial charge in [-0.3, -0.25) is 4.99 Å². The van der Waals surface area contributed by atoms with E-state index < -0.39 is 0 Å². The van der Waals surface area contributed by atoms with Crippen molar-refractivity contribution in [3.8, 4) is 0 Å². The van der Waals surface area contributed by atoms with Gasteiger partial charge in [0.05, 0.1) is 0 Å². The molecule has 2 N–H and O–H groups in total. The Morgan fingerprint density at radius 1 is 1.33 bits per heavy atom. The maximum Gasteiger partial charge on any atom is 0.191 e. The molecule has 0 amide bonds. The molecule has 0 saturated carbocycles. The molecular weight excluding hydrogens is 246 g/mol. The average molecular weight is 268 g/mol. The van der Waals surface area contributed by atoms with Crippen LogP contribution in [0.3, 0.4) is 0 Å². The minimum absolute atomic E-state index is 0.378. The molecule has 100 valence electrons. The van der Waals surface area contributed by atoms with E-state index in [1.165, 1.54) is 0 Å². The fraction of sp³-hybridized carbons (Fsp3) is 0.500. The van der Waals surface area contributed by atoms with Gasteiger partial charge in [0.15, 0.2) is 5.96 Å². The second kappa shape index (κ2) is 7.98. The van der Waals surface area contributed by atoms with Crippen LogP contribution in [0.4, 0.5) is 0 Å². The van der Waals surface area contributed by atoms with Gasteiger partial charge < -0.3 is 10.6 Å². The lowest BCUT2D eigenvalue weighted by Crippen LogP contribution is -2.41. The lowest BCUT2D eigenvalue weighted by Gasteiger charge is -2.13. The monoisotopic (exact) mass is 267 g/mol. The number of hydrogen-bond acceptors (Lipinski definition) is 1. The summed E-state index contributed by atoms with van der Waals surface area (Å²) < 4.78 is 0. The van der Waals surface area contributed by atoms with E-state index in [0.717, 1.165) is 36.1 Å². The Morgan fingerprint density at radius 2 is 2.06 bits per heavy atom. The molecule has 0 fully saturated rings. The highest BCUT2D eigenvalue weighted by Crippen LogP contribution is 2.15. The zero-order valence-electron chi connectivity index (χ0n) is 11.3. The molecule has 0 unspecified atom stereocenters. The van der Waals surface area contributed by atoms with Gasteiger partial charge in [-0.1, -0.05) is 29.8 Å². The Morgan fingerprint density at radius 3 is 2.67 bits per heavy atom. The van der Waals surface area contributed by atoms with Crippen LogP contribution in [0.15, 0.2) is 29.3 Å². The van der Waals surface area contributed by atoms with Gasteiger partial charge in [-0.25, -0.2) is 0 Å². The molecular formula is C14H22ClN3. The number of benzene rings is 1. The summed E-state index contributed by atoms with van der Waals surface area (Å²) >= 11 is 6.11. The van der Waals surface area contributed by atoms with Crippen molar-refractivity contribution in [1.29, 1.82) is 0 Å². The van der Waals surface area contributed by atoms with Gasteiger partial charge in [0, 0.05) is 24.2 Å². The Labute approximate surface area is 115 Å².